The summed E-state index contributed by atoms with van der Waals surface area (Å²) in [6.07, 6.45) is 71.4. The van der Waals surface area contributed by atoms with Crippen molar-refractivity contribution in [2.75, 3.05) is 13.2 Å². The predicted octanol–water partition coefficient (Wildman–Crippen LogP) is 18.8. The number of hydrogen-bond donors (Lipinski definition) is 3. The predicted molar refractivity (Wildman–Crippen MR) is 296 cm³/mol. The molecule has 6 heteroatoms. The van der Waals surface area contributed by atoms with E-state index < -0.39 is 12.1 Å². The van der Waals surface area contributed by atoms with Crippen molar-refractivity contribution in [1.29, 1.82) is 0 Å². The average Bonchev–Trinajstić information content (AvgIpc) is 3.34. The van der Waals surface area contributed by atoms with E-state index in [9.17, 15) is 19.8 Å². The molecule has 0 aromatic carbocycles. The van der Waals surface area contributed by atoms with Gasteiger partial charge in [0.05, 0.1) is 25.4 Å². The zero-order chi connectivity index (χ0) is 49.3. The third-order valence-corrected chi connectivity index (χ3v) is 13.9. The molecule has 3 N–H and O–H groups in total. The third kappa shape index (κ3) is 53.4. The Labute approximate surface area is 424 Å². The molecular weight excluding hydrogens is 839 g/mol. The van der Waals surface area contributed by atoms with Gasteiger partial charge in [0.1, 0.15) is 0 Å². The molecule has 0 saturated heterocycles. The molecule has 2 atom stereocenters. The lowest BCUT2D eigenvalue weighted by molar-refractivity contribution is -0.143. The van der Waals surface area contributed by atoms with Gasteiger partial charge in [-0.05, 0) is 77.0 Å². The summed E-state index contributed by atoms with van der Waals surface area (Å²) in [7, 11) is 0. The Kier molecular flexibility index (Phi) is 56.0. The van der Waals surface area contributed by atoms with E-state index in [1.807, 2.05) is 0 Å². The van der Waals surface area contributed by atoms with Crippen LogP contribution in [-0.4, -0.2) is 47.4 Å². The van der Waals surface area contributed by atoms with Crippen molar-refractivity contribution in [3.8, 4) is 0 Å². The minimum Gasteiger partial charge on any atom is -0.466 e. The maximum Gasteiger partial charge on any atom is 0.305 e. The zero-order valence-electron chi connectivity index (χ0n) is 45.6. The summed E-state index contributed by atoms with van der Waals surface area (Å²) in [6, 6.07) is -0.549. The Morgan fingerprint density at radius 3 is 1.19 bits per heavy atom. The first-order valence-corrected chi connectivity index (χ1v) is 30.2. The first-order valence-electron chi connectivity index (χ1n) is 30.2. The number of aliphatic hydroxyl groups excluding tert-OH is 2. The number of esters is 1. The second-order valence-corrected chi connectivity index (χ2v) is 20.7. The highest BCUT2D eigenvalue weighted by molar-refractivity contribution is 5.76. The van der Waals surface area contributed by atoms with E-state index in [1.165, 1.54) is 238 Å². The number of carbonyl (C=O) groups excluding carboxylic acids is 2. The fourth-order valence-electron chi connectivity index (χ4n) is 9.26. The standard InChI is InChI=1S/C62H117NO5/c1-3-5-7-9-11-13-15-17-18-19-24-27-31-34-38-42-46-50-54-60(65)59(58-64)63-61(66)55-51-47-43-39-35-32-28-25-22-20-21-23-26-29-33-37-41-45-49-53-57-68-62(67)56-52-48-44-40-36-30-16-14-12-10-8-6-4-2/h8,10,14,16,20,22,59-60,64-65H,3-7,9,11-13,15,17-19,21,23-58H2,1-2H3,(H,63,66)/b10-8-,16-14-,22-20-. The number of rotatable bonds is 56. The highest BCUT2D eigenvalue weighted by Crippen LogP contribution is 2.17. The molecule has 0 saturated carbocycles. The molecule has 0 aliphatic heterocycles. The summed E-state index contributed by atoms with van der Waals surface area (Å²) in [5, 5.41) is 23.3. The van der Waals surface area contributed by atoms with Crippen LogP contribution in [-0.2, 0) is 14.3 Å². The molecular formula is C62H117NO5. The Balaban J connectivity index is 3.44. The molecule has 68 heavy (non-hydrogen) atoms. The quantitative estimate of drug-likeness (QED) is 0.0321. The number of allylic oxidation sites excluding steroid dienone is 6. The van der Waals surface area contributed by atoms with Crippen LogP contribution < -0.4 is 5.32 Å². The van der Waals surface area contributed by atoms with Crippen LogP contribution >= 0.6 is 0 Å². The van der Waals surface area contributed by atoms with Gasteiger partial charge in [0.25, 0.3) is 0 Å². The zero-order valence-corrected chi connectivity index (χ0v) is 45.6. The minimum atomic E-state index is -0.671. The van der Waals surface area contributed by atoms with Gasteiger partial charge in [0.15, 0.2) is 0 Å². The van der Waals surface area contributed by atoms with Crippen LogP contribution in [0.1, 0.15) is 322 Å². The number of carbonyl (C=O) groups is 2. The van der Waals surface area contributed by atoms with E-state index in [0.29, 0.717) is 25.9 Å². The third-order valence-electron chi connectivity index (χ3n) is 13.9. The summed E-state index contributed by atoms with van der Waals surface area (Å²) in [5.74, 6) is -0.0510. The van der Waals surface area contributed by atoms with Crippen LogP contribution in [0.3, 0.4) is 0 Å². The summed E-state index contributed by atoms with van der Waals surface area (Å²) >= 11 is 0. The second-order valence-electron chi connectivity index (χ2n) is 20.7. The lowest BCUT2D eigenvalue weighted by Crippen LogP contribution is -2.45. The van der Waals surface area contributed by atoms with Gasteiger partial charge in [-0.3, -0.25) is 9.59 Å². The number of aliphatic hydroxyl groups is 2. The van der Waals surface area contributed by atoms with Crippen molar-refractivity contribution in [1.82, 2.24) is 5.32 Å². The lowest BCUT2D eigenvalue weighted by Gasteiger charge is -2.22. The molecule has 1 amide bonds. The second kappa shape index (κ2) is 57.7. The van der Waals surface area contributed by atoms with Crippen molar-refractivity contribution in [2.24, 2.45) is 0 Å². The van der Waals surface area contributed by atoms with E-state index in [0.717, 1.165) is 51.4 Å². The minimum absolute atomic E-state index is 0.00906. The van der Waals surface area contributed by atoms with Crippen LogP contribution in [0.15, 0.2) is 36.5 Å². The van der Waals surface area contributed by atoms with Gasteiger partial charge in [-0.1, -0.05) is 269 Å². The lowest BCUT2D eigenvalue weighted by atomic mass is 10.0. The molecule has 0 bridgehead atoms. The van der Waals surface area contributed by atoms with E-state index in [1.54, 1.807) is 0 Å². The van der Waals surface area contributed by atoms with Gasteiger partial charge < -0.3 is 20.3 Å². The monoisotopic (exact) mass is 956 g/mol. The smallest absolute Gasteiger partial charge is 0.305 e. The summed E-state index contributed by atoms with van der Waals surface area (Å²) in [5.41, 5.74) is 0. The Bertz CT molecular complexity index is 1100. The van der Waals surface area contributed by atoms with Crippen LogP contribution in [0, 0.1) is 0 Å². The number of nitrogens with one attached hydrogen (secondary N) is 1. The fourth-order valence-corrected chi connectivity index (χ4v) is 9.26. The van der Waals surface area contributed by atoms with E-state index in [-0.39, 0.29) is 18.5 Å². The number of amides is 1. The van der Waals surface area contributed by atoms with Crippen molar-refractivity contribution in [2.45, 2.75) is 334 Å². The van der Waals surface area contributed by atoms with Gasteiger partial charge >= 0.3 is 5.97 Å². The molecule has 2 unspecified atom stereocenters. The van der Waals surface area contributed by atoms with Crippen LogP contribution in [0.5, 0.6) is 0 Å². The maximum atomic E-state index is 12.5. The molecule has 0 heterocycles. The molecule has 0 aliphatic carbocycles. The van der Waals surface area contributed by atoms with Crippen LogP contribution in [0.4, 0.5) is 0 Å². The highest BCUT2D eigenvalue weighted by Gasteiger charge is 2.20. The van der Waals surface area contributed by atoms with Gasteiger partial charge in [0, 0.05) is 12.8 Å². The van der Waals surface area contributed by atoms with E-state index in [2.05, 4.69) is 55.6 Å². The van der Waals surface area contributed by atoms with Crippen molar-refractivity contribution in [3.05, 3.63) is 36.5 Å². The van der Waals surface area contributed by atoms with Crippen molar-refractivity contribution >= 4 is 11.9 Å². The normalized spacial score (nSPS) is 12.8. The average molecular weight is 957 g/mol. The van der Waals surface area contributed by atoms with Crippen LogP contribution in [0.25, 0.3) is 0 Å². The Hall–Kier alpha value is -1.92. The molecule has 0 aromatic rings. The van der Waals surface area contributed by atoms with Gasteiger partial charge in [-0.25, -0.2) is 0 Å². The molecule has 400 valence electrons. The molecule has 0 aliphatic rings. The van der Waals surface area contributed by atoms with Gasteiger partial charge in [0.2, 0.25) is 5.91 Å². The van der Waals surface area contributed by atoms with Gasteiger partial charge in [-0.15, -0.1) is 0 Å². The fraction of sp³-hybridized carbons (Fsp3) is 0.871. The number of ether oxygens (including phenoxy) is 1. The summed E-state index contributed by atoms with van der Waals surface area (Å²) < 4.78 is 5.46. The molecule has 0 fully saturated rings. The van der Waals surface area contributed by atoms with Crippen molar-refractivity contribution < 1.29 is 24.5 Å². The van der Waals surface area contributed by atoms with Gasteiger partial charge in [-0.2, -0.15) is 0 Å². The first kappa shape index (κ1) is 66.1. The molecule has 6 nitrogen and oxygen atoms in total. The van der Waals surface area contributed by atoms with E-state index in [4.69, 9.17) is 4.74 Å². The molecule has 0 spiro atoms. The molecule has 0 aromatic heterocycles. The summed E-state index contributed by atoms with van der Waals surface area (Å²) in [6.45, 7) is 4.89. The number of unbranched alkanes of at least 4 members (excludes halogenated alkanes) is 39. The number of hydrogen-bond acceptors (Lipinski definition) is 5. The summed E-state index contributed by atoms with van der Waals surface area (Å²) in [4.78, 5) is 24.5. The maximum absolute atomic E-state index is 12.5. The highest BCUT2D eigenvalue weighted by atomic mass is 16.5. The first-order chi connectivity index (χ1) is 33.5. The van der Waals surface area contributed by atoms with Crippen molar-refractivity contribution in [3.63, 3.8) is 0 Å². The topological polar surface area (TPSA) is 95.9 Å². The van der Waals surface area contributed by atoms with Crippen LogP contribution in [0.2, 0.25) is 0 Å². The molecule has 0 rings (SSSR count). The Morgan fingerprint density at radius 2 is 0.765 bits per heavy atom. The SMILES string of the molecule is CCC/C=C\C/C=C\CCCCCCCC(=O)OCCCCCCCCCCC/C=C\CCCCCCCCCC(=O)NC(CO)C(O)CCCCCCCCCCCCCCCCCCCC. The Morgan fingerprint density at radius 1 is 0.412 bits per heavy atom. The largest absolute Gasteiger partial charge is 0.466 e. The van der Waals surface area contributed by atoms with E-state index >= 15 is 0 Å². The molecule has 0 radical (unpaired) electrons.